The van der Waals surface area contributed by atoms with Crippen LogP contribution in [0.4, 0.5) is 23.0 Å². The van der Waals surface area contributed by atoms with E-state index in [4.69, 9.17) is 9.72 Å². The minimum Gasteiger partial charge on any atom is -0.495 e. The van der Waals surface area contributed by atoms with Crippen LogP contribution in [-0.2, 0) is 11.3 Å². The molecule has 3 aromatic rings. The second-order valence-corrected chi connectivity index (χ2v) is 14.0. The van der Waals surface area contributed by atoms with E-state index in [0.717, 1.165) is 48.7 Å². The van der Waals surface area contributed by atoms with Gasteiger partial charge in [0.2, 0.25) is 5.91 Å². The summed E-state index contributed by atoms with van der Waals surface area (Å²) in [4.78, 5) is 40.4. The number of piperazine rings is 1. The minimum absolute atomic E-state index is 0.0296. The number of nitrogens with one attached hydrogen (secondary N) is 2. The molecule has 0 bridgehead atoms. The fourth-order valence-corrected chi connectivity index (χ4v) is 7.60. The van der Waals surface area contributed by atoms with Gasteiger partial charge in [-0.05, 0) is 87.3 Å². The first-order valence-electron chi connectivity index (χ1n) is 17.7. The molecule has 1 aromatic heterocycles. The number of ether oxygens (including phenoxy) is 1. The highest BCUT2D eigenvalue weighted by molar-refractivity contribution is 6.04. The average molecular weight is 652 g/mol. The first-order chi connectivity index (χ1) is 23.4. The number of rotatable bonds is 10. The van der Waals surface area contributed by atoms with Crippen molar-refractivity contribution >= 4 is 34.8 Å². The van der Waals surface area contributed by atoms with Crippen LogP contribution in [0, 0.1) is 5.92 Å². The summed E-state index contributed by atoms with van der Waals surface area (Å²) in [7, 11) is 3.40. The molecule has 2 aliphatic carbocycles. The van der Waals surface area contributed by atoms with Gasteiger partial charge in [0, 0.05) is 64.0 Å². The van der Waals surface area contributed by atoms with Gasteiger partial charge in [-0.25, -0.2) is 4.98 Å². The summed E-state index contributed by atoms with van der Waals surface area (Å²) in [5.41, 5.74) is 3.16. The van der Waals surface area contributed by atoms with Gasteiger partial charge in [-0.2, -0.15) is 0 Å². The lowest BCUT2D eigenvalue weighted by molar-refractivity contribution is -0.119. The van der Waals surface area contributed by atoms with Crippen molar-refractivity contribution in [3.8, 4) is 5.75 Å². The zero-order chi connectivity index (χ0) is 33.2. The molecule has 0 radical (unpaired) electrons. The fourth-order valence-electron chi connectivity index (χ4n) is 7.60. The molecule has 3 fully saturated rings. The Morgan fingerprint density at radius 1 is 0.938 bits per heavy atom. The number of hydrogen-bond donors (Lipinski definition) is 2. The van der Waals surface area contributed by atoms with E-state index in [-0.39, 0.29) is 23.9 Å². The molecule has 3 heterocycles. The Balaban J connectivity index is 0.973. The van der Waals surface area contributed by atoms with E-state index in [2.05, 4.69) is 32.6 Å². The van der Waals surface area contributed by atoms with Crippen molar-refractivity contribution in [3.63, 3.8) is 0 Å². The van der Waals surface area contributed by atoms with Gasteiger partial charge in [-0.15, -0.1) is 0 Å². The third-order valence-corrected chi connectivity index (χ3v) is 10.7. The van der Waals surface area contributed by atoms with Crippen molar-refractivity contribution in [2.24, 2.45) is 5.92 Å². The summed E-state index contributed by atoms with van der Waals surface area (Å²) in [6, 6.07) is 19.9. The molecule has 2 aliphatic heterocycles. The number of fused-ring (bicyclic) bond motifs is 1. The van der Waals surface area contributed by atoms with E-state index < -0.39 is 0 Å². The Morgan fingerprint density at radius 2 is 1.69 bits per heavy atom. The average Bonchev–Trinajstić information content (AvgIpc) is 3.94. The van der Waals surface area contributed by atoms with Crippen molar-refractivity contribution in [1.82, 2.24) is 20.1 Å². The zero-order valence-electron chi connectivity index (χ0n) is 28.5. The first kappa shape index (κ1) is 32.4. The third kappa shape index (κ3) is 7.15. The summed E-state index contributed by atoms with van der Waals surface area (Å²) in [5, 5.41) is 6.69. The van der Waals surface area contributed by atoms with Crippen LogP contribution in [0.2, 0.25) is 0 Å². The van der Waals surface area contributed by atoms with Crippen molar-refractivity contribution in [3.05, 3.63) is 71.8 Å². The summed E-state index contributed by atoms with van der Waals surface area (Å²) in [5.74, 6) is 2.85. The van der Waals surface area contributed by atoms with Crippen LogP contribution in [0.25, 0.3) is 0 Å². The van der Waals surface area contributed by atoms with Crippen molar-refractivity contribution in [2.45, 2.75) is 70.1 Å². The SMILES string of the molecule is COc1cc(C(=O)NC2CCC(N3CCN(CC4CC4)CC3)CC2)ccc1Nc1ccc2c(n1)N(Cc1ccccc1)[C@H](C)C(=O)N2C. The number of anilines is 4. The maximum atomic E-state index is 13.3. The van der Waals surface area contributed by atoms with Crippen LogP contribution in [0.1, 0.15) is 61.4 Å². The highest BCUT2D eigenvalue weighted by Gasteiger charge is 2.35. The highest BCUT2D eigenvalue weighted by atomic mass is 16.5. The van der Waals surface area contributed by atoms with E-state index in [1.807, 2.05) is 54.3 Å². The summed E-state index contributed by atoms with van der Waals surface area (Å²) in [6.45, 7) is 8.54. The van der Waals surface area contributed by atoms with Gasteiger partial charge < -0.3 is 30.1 Å². The summed E-state index contributed by atoms with van der Waals surface area (Å²) < 4.78 is 5.73. The second kappa shape index (κ2) is 14.1. The molecule has 2 N–H and O–H groups in total. The largest absolute Gasteiger partial charge is 0.495 e. The highest BCUT2D eigenvalue weighted by Crippen LogP contribution is 2.37. The number of hydrogen-bond acceptors (Lipinski definition) is 8. The number of likely N-dealkylation sites (N-methyl/N-ethyl adjacent to an activating group) is 1. The molecule has 1 saturated heterocycles. The van der Waals surface area contributed by atoms with E-state index in [1.165, 1.54) is 45.6 Å². The summed E-state index contributed by atoms with van der Waals surface area (Å²) in [6.07, 6.45) is 7.15. The predicted octanol–water partition coefficient (Wildman–Crippen LogP) is 5.27. The second-order valence-electron chi connectivity index (χ2n) is 14.0. The number of methoxy groups -OCH3 is 1. The predicted molar refractivity (Wildman–Crippen MR) is 190 cm³/mol. The fraction of sp³-hybridized carbons (Fsp3) is 0.500. The standard InChI is InChI=1S/C38H49N7O3/c1-26-38(47)42(2)33-17-18-35(41-36(33)45(26)25-27-7-5-4-6-8-27)40-32-16-11-29(23-34(32)48-3)37(46)39-30-12-14-31(15-13-30)44-21-19-43(20-22-44)24-28-9-10-28/h4-8,11,16-18,23,26,28,30-31H,9-10,12-15,19-22,24-25H2,1-3H3,(H,39,46)(H,40,41)/t26-,30?,31?/m1/s1. The molecule has 4 aliphatic rings. The quantitative estimate of drug-likeness (QED) is 0.306. The van der Waals surface area contributed by atoms with Crippen LogP contribution in [0.3, 0.4) is 0 Å². The molecule has 2 saturated carbocycles. The van der Waals surface area contributed by atoms with Gasteiger partial charge in [0.05, 0.1) is 18.5 Å². The van der Waals surface area contributed by atoms with E-state index in [9.17, 15) is 9.59 Å². The Labute approximate surface area is 284 Å². The molecule has 10 nitrogen and oxygen atoms in total. The molecular weight excluding hydrogens is 602 g/mol. The van der Waals surface area contributed by atoms with Gasteiger partial charge in [0.15, 0.2) is 5.82 Å². The number of carbonyl (C=O) groups is 2. The molecule has 1 atom stereocenters. The Bertz CT molecular complexity index is 1600. The minimum atomic E-state index is -0.361. The number of amides is 2. The van der Waals surface area contributed by atoms with Crippen molar-refractivity contribution < 1.29 is 14.3 Å². The Hall–Kier alpha value is -4.15. The normalized spacial score (nSPS) is 23.5. The van der Waals surface area contributed by atoms with Crippen LogP contribution in [-0.4, -0.2) is 91.6 Å². The van der Waals surface area contributed by atoms with Crippen molar-refractivity contribution in [2.75, 3.05) is 62.0 Å². The van der Waals surface area contributed by atoms with E-state index in [0.29, 0.717) is 35.4 Å². The molecule has 10 heteroatoms. The molecule has 254 valence electrons. The number of benzene rings is 2. The lowest BCUT2D eigenvalue weighted by Crippen LogP contribution is -2.52. The maximum absolute atomic E-state index is 13.3. The number of aromatic nitrogens is 1. The lowest BCUT2D eigenvalue weighted by atomic mass is 9.89. The van der Waals surface area contributed by atoms with Gasteiger partial charge in [-0.1, -0.05) is 30.3 Å². The van der Waals surface area contributed by atoms with Crippen LogP contribution < -0.4 is 25.2 Å². The van der Waals surface area contributed by atoms with Crippen LogP contribution in [0.5, 0.6) is 5.75 Å². The number of carbonyl (C=O) groups excluding carboxylic acids is 2. The first-order valence-corrected chi connectivity index (χ1v) is 17.7. The zero-order valence-corrected chi connectivity index (χ0v) is 28.5. The molecule has 0 unspecified atom stereocenters. The molecular formula is C38H49N7O3. The molecule has 7 rings (SSSR count). The third-order valence-electron chi connectivity index (χ3n) is 10.7. The lowest BCUT2D eigenvalue weighted by Gasteiger charge is -2.42. The molecule has 2 amide bonds. The van der Waals surface area contributed by atoms with Crippen molar-refractivity contribution in [1.29, 1.82) is 0 Å². The number of pyridine rings is 1. The molecule has 48 heavy (non-hydrogen) atoms. The van der Waals surface area contributed by atoms with E-state index >= 15 is 0 Å². The molecule has 0 spiro atoms. The van der Waals surface area contributed by atoms with Gasteiger partial charge >= 0.3 is 0 Å². The van der Waals surface area contributed by atoms with Gasteiger partial charge in [0.25, 0.3) is 5.91 Å². The molecule has 2 aromatic carbocycles. The monoisotopic (exact) mass is 651 g/mol. The topological polar surface area (TPSA) is 93.3 Å². The maximum Gasteiger partial charge on any atom is 0.251 e. The van der Waals surface area contributed by atoms with Crippen LogP contribution >= 0.6 is 0 Å². The smallest absolute Gasteiger partial charge is 0.251 e. The van der Waals surface area contributed by atoms with E-state index in [1.54, 1.807) is 25.1 Å². The van der Waals surface area contributed by atoms with Crippen LogP contribution in [0.15, 0.2) is 60.7 Å². The summed E-state index contributed by atoms with van der Waals surface area (Å²) >= 11 is 0. The Kier molecular flexibility index (Phi) is 9.55. The Morgan fingerprint density at radius 3 is 2.40 bits per heavy atom. The van der Waals surface area contributed by atoms with Gasteiger partial charge in [0.1, 0.15) is 17.6 Å². The van der Waals surface area contributed by atoms with Gasteiger partial charge in [-0.3, -0.25) is 14.5 Å². The number of nitrogens with zero attached hydrogens (tertiary/aromatic N) is 5.